The summed E-state index contributed by atoms with van der Waals surface area (Å²) >= 11 is 14.6. The Balaban J connectivity index is 2.65. The molecule has 0 aliphatic rings. The van der Waals surface area contributed by atoms with Crippen LogP contribution in [0.3, 0.4) is 0 Å². The van der Waals surface area contributed by atoms with E-state index in [4.69, 9.17) is 27.9 Å². The van der Waals surface area contributed by atoms with Crippen LogP contribution in [0.15, 0.2) is 18.2 Å². The van der Waals surface area contributed by atoms with Crippen molar-refractivity contribution in [2.75, 3.05) is 19.5 Å². The maximum absolute atomic E-state index is 6.21. The van der Waals surface area contributed by atoms with Gasteiger partial charge in [-0.2, -0.15) is 0 Å². The van der Waals surface area contributed by atoms with Crippen molar-refractivity contribution in [1.29, 1.82) is 0 Å². The van der Waals surface area contributed by atoms with Crippen molar-refractivity contribution < 1.29 is 4.74 Å². The average molecular weight is 424 g/mol. The van der Waals surface area contributed by atoms with Crippen molar-refractivity contribution in [1.82, 2.24) is 9.97 Å². The van der Waals surface area contributed by atoms with Gasteiger partial charge in [0.2, 0.25) is 0 Å². The van der Waals surface area contributed by atoms with E-state index in [1.165, 1.54) is 0 Å². The molecule has 2 rings (SSSR count). The first-order chi connectivity index (χ1) is 9.58. The van der Waals surface area contributed by atoms with E-state index in [1.807, 2.05) is 0 Å². The van der Waals surface area contributed by atoms with Gasteiger partial charge in [0, 0.05) is 14.2 Å². The molecule has 1 heterocycles. The van der Waals surface area contributed by atoms with E-state index in [0.717, 1.165) is 15.1 Å². The first kappa shape index (κ1) is 15.8. The van der Waals surface area contributed by atoms with Crippen LogP contribution >= 0.6 is 45.8 Å². The Hall–Kier alpha value is -0.630. The number of benzene rings is 1. The van der Waals surface area contributed by atoms with Crippen LogP contribution in [0.4, 0.5) is 5.82 Å². The minimum atomic E-state index is 0.393. The second-order valence-corrected chi connectivity index (χ2v) is 5.83. The van der Waals surface area contributed by atoms with Crippen molar-refractivity contribution in [3.63, 3.8) is 0 Å². The quantitative estimate of drug-likeness (QED) is 0.747. The van der Waals surface area contributed by atoms with Crippen LogP contribution in [0.25, 0.3) is 11.4 Å². The summed E-state index contributed by atoms with van der Waals surface area (Å²) in [4.78, 5) is 8.98. The molecule has 0 spiro atoms. The van der Waals surface area contributed by atoms with Gasteiger partial charge in [-0.1, -0.05) is 29.3 Å². The highest BCUT2D eigenvalue weighted by atomic mass is 127. The van der Waals surface area contributed by atoms with Crippen molar-refractivity contribution >= 4 is 51.6 Å². The van der Waals surface area contributed by atoms with E-state index < -0.39 is 0 Å². The predicted octanol–water partition coefficient (Wildman–Crippen LogP) is 4.24. The molecular weight excluding hydrogens is 412 g/mol. The lowest BCUT2D eigenvalue weighted by Crippen LogP contribution is -2.06. The van der Waals surface area contributed by atoms with Gasteiger partial charge in [0.15, 0.2) is 5.82 Å². The first-order valence-corrected chi connectivity index (χ1v) is 7.59. The zero-order chi connectivity index (χ0) is 14.7. The fourth-order valence-electron chi connectivity index (χ4n) is 1.71. The molecule has 1 N–H and O–H groups in total. The number of aromatic nitrogens is 2. The Morgan fingerprint density at radius 1 is 1.25 bits per heavy atom. The minimum Gasteiger partial charge on any atom is -0.378 e. The van der Waals surface area contributed by atoms with E-state index in [9.17, 15) is 0 Å². The lowest BCUT2D eigenvalue weighted by molar-refractivity contribution is 0.181. The van der Waals surface area contributed by atoms with Gasteiger partial charge in [0.25, 0.3) is 0 Å². The van der Waals surface area contributed by atoms with Gasteiger partial charge in [-0.15, -0.1) is 0 Å². The molecule has 0 bridgehead atoms. The molecule has 106 valence electrons. The van der Waals surface area contributed by atoms with E-state index in [-0.39, 0.29) is 0 Å². The Bertz CT molecular complexity index is 617. The molecule has 0 saturated carbocycles. The predicted molar refractivity (Wildman–Crippen MR) is 90.5 cm³/mol. The van der Waals surface area contributed by atoms with Crippen molar-refractivity contribution in [3.8, 4) is 11.4 Å². The number of nitrogens with one attached hydrogen (secondary N) is 1. The minimum absolute atomic E-state index is 0.393. The SMILES string of the molecule is CNc1nc(-c2c(Cl)cccc2Cl)nc(COC)c1I. The first-order valence-electron chi connectivity index (χ1n) is 5.76. The smallest absolute Gasteiger partial charge is 0.164 e. The van der Waals surface area contributed by atoms with Gasteiger partial charge < -0.3 is 10.1 Å². The average Bonchev–Trinajstić information content (AvgIpc) is 2.42. The fourth-order valence-corrected chi connectivity index (χ4v) is 2.95. The standard InChI is InChI=1S/C13H12Cl2IN3O/c1-17-13-11(16)9(6-20-2)18-12(19-13)10-7(14)4-3-5-8(10)15/h3-5H,6H2,1-2H3,(H,17,18,19). The highest BCUT2D eigenvalue weighted by molar-refractivity contribution is 14.1. The molecule has 0 saturated heterocycles. The van der Waals surface area contributed by atoms with E-state index >= 15 is 0 Å². The Labute approximate surface area is 141 Å². The van der Waals surface area contributed by atoms with Gasteiger partial charge in [-0.25, -0.2) is 9.97 Å². The Kier molecular flexibility index (Phi) is 5.42. The van der Waals surface area contributed by atoms with Gasteiger partial charge in [-0.3, -0.25) is 0 Å². The van der Waals surface area contributed by atoms with E-state index in [0.29, 0.717) is 28.0 Å². The maximum Gasteiger partial charge on any atom is 0.164 e. The van der Waals surface area contributed by atoms with Crippen LogP contribution < -0.4 is 5.32 Å². The van der Waals surface area contributed by atoms with Gasteiger partial charge in [0.1, 0.15) is 5.82 Å². The largest absolute Gasteiger partial charge is 0.378 e. The van der Waals surface area contributed by atoms with Gasteiger partial charge in [-0.05, 0) is 34.7 Å². The Morgan fingerprint density at radius 2 is 1.90 bits per heavy atom. The maximum atomic E-state index is 6.21. The number of anilines is 1. The molecule has 2 aromatic rings. The van der Waals surface area contributed by atoms with Crippen LogP contribution in [0.5, 0.6) is 0 Å². The van der Waals surface area contributed by atoms with E-state index in [1.54, 1.807) is 32.4 Å². The molecule has 0 aliphatic heterocycles. The number of rotatable bonds is 4. The number of methoxy groups -OCH3 is 1. The lowest BCUT2D eigenvalue weighted by atomic mass is 10.2. The van der Waals surface area contributed by atoms with Crippen molar-refractivity contribution in [2.24, 2.45) is 0 Å². The fraction of sp³-hybridized carbons (Fsp3) is 0.231. The molecule has 0 aliphatic carbocycles. The molecule has 20 heavy (non-hydrogen) atoms. The van der Waals surface area contributed by atoms with Crippen LogP contribution in [0.1, 0.15) is 5.69 Å². The lowest BCUT2D eigenvalue weighted by Gasteiger charge is -2.12. The second-order valence-electron chi connectivity index (χ2n) is 3.94. The van der Waals surface area contributed by atoms with Gasteiger partial charge in [0.05, 0.1) is 31.5 Å². The third kappa shape index (κ3) is 3.16. The zero-order valence-corrected chi connectivity index (χ0v) is 14.5. The summed E-state index contributed by atoms with van der Waals surface area (Å²) in [5.74, 6) is 1.20. The van der Waals surface area contributed by atoms with Gasteiger partial charge >= 0.3 is 0 Å². The normalized spacial score (nSPS) is 10.7. The molecule has 0 atom stereocenters. The summed E-state index contributed by atoms with van der Waals surface area (Å²) < 4.78 is 6.09. The van der Waals surface area contributed by atoms with Crippen LogP contribution in [-0.2, 0) is 11.3 Å². The summed E-state index contributed by atoms with van der Waals surface area (Å²) in [5, 5.41) is 4.08. The molecule has 4 nitrogen and oxygen atoms in total. The second kappa shape index (κ2) is 6.89. The zero-order valence-electron chi connectivity index (χ0n) is 10.9. The van der Waals surface area contributed by atoms with Crippen molar-refractivity contribution in [3.05, 3.63) is 37.5 Å². The number of hydrogen-bond acceptors (Lipinski definition) is 4. The number of halogens is 3. The molecule has 0 unspecified atom stereocenters. The highest BCUT2D eigenvalue weighted by Crippen LogP contribution is 2.34. The Morgan fingerprint density at radius 3 is 2.45 bits per heavy atom. The summed E-state index contributed by atoms with van der Waals surface area (Å²) in [5.41, 5.74) is 1.42. The molecule has 7 heteroatoms. The molecule has 1 aromatic heterocycles. The van der Waals surface area contributed by atoms with Crippen LogP contribution in [0, 0.1) is 3.57 Å². The van der Waals surface area contributed by atoms with Crippen LogP contribution in [-0.4, -0.2) is 24.1 Å². The molecule has 0 amide bonds. The third-order valence-electron chi connectivity index (χ3n) is 2.62. The summed E-state index contributed by atoms with van der Waals surface area (Å²) in [7, 11) is 3.43. The van der Waals surface area contributed by atoms with E-state index in [2.05, 4.69) is 37.9 Å². The third-order valence-corrected chi connectivity index (χ3v) is 4.39. The topological polar surface area (TPSA) is 47.0 Å². The number of nitrogens with zero attached hydrogens (tertiary/aromatic N) is 2. The molecule has 0 radical (unpaired) electrons. The summed E-state index contributed by atoms with van der Waals surface area (Å²) in [6.07, 6.45) is 0. The van der Waals surface area contributed by atoms with Crippen LogP contribution in [0.2, 0.25) is 10.0 Å². The monoisotopic (exact) mass is 423 g/mol. The highest BCUT2D eigenvalue weighted by Gasteiger charge is 2.16. The molecule has 1 aromatic carbocycles. The molecule has 0 fully saturated rings. The molecular formula is C13H12Cl2IN3O. The summed E-state index contributed by atoms with van der Waals surface area (Å²) in [6.45, 7) is 0.393. The number of hydrogen-bond donors (Lipinski definition) is 1. The number of ether oxygens (including phenoxy) is 1. The summed E-state index contributed by atoms with van der Waals surface area (Å²) in [6, 6.07) is 5.31. The van der Waals surface area contributed by atoms with Crippen molar-refractivity contribution in [2.45, 2.75) is 6.61 Å².